The van der Waals surface area contributed by atoms with E-state index in [1.54, 1.807) is 6.26 Å². The molecule has 4 heteroatoms. The van der Waals surface area contributed by atoms with Gasteiger partial charge in [0.25, 0.3) is 0 Å². The van der Waals surface area contributed by atoms with Crippen LogP contribution in [0.3, 0.4) is 0 Å². The van der Waals surface area contributed by atoms with Crippen LogP contribution in [-0.4, -0.2) is 21.5 Å². The minimum atomic E-state index is -0.657. The fraction of sp³-hybridized carbons (Fsp3) is 1.00. The van der Waals surface area contributed by atoms with Crippen LogP contribution < -0.4 is 5.14 Å². The third-order valence-electron chi connectivity index (χ3n) is 1.04. The van der Waals surface area contributed by atoms with E-state index in [-0.39, 0.29) is 0 Å². The maximum Gasteiger partial charge on any atom is 0.0242 e. The Morgan fingerprint density at radius 1 is 1.78 bits per heavy atom. The van der Waals surface area contributed by atoms with Gasteiger partial charge in [-0.3, -0.25) is 9.35 Å². The van der Waals surface area contributed by atoms with Gasteiger partial charge < -0.3 is 0 Å². The zero-order chi connectivity index (χ0) is 7.28. The number of hydrogen-bond donors (Lipinski definition) is 1. The van der Waals surface area contributed by atoms with Crippen molar-refractivity contribution in [3.63, 3.8) is 0 Å². The highest BCUT2D eigenvalue weighted by atomic mass is 32.2. The summed E-state index contributed by atoms with van der Waals surface area (Å²) in [6.07, 6.45) is 2.66. The molecule has 56 valence electrons. The number of nitrogens with two attached hydrogens (primary N) is 1. The summed E-state index contributed by atoms with van der Waals surface area (Å²) >= 11 is 1.33. The van der Waals surface area contributed by atoms with Crippen molar-refractivity contribution in [2.45, 2.75) is 18.6 Å². The van der Waals surface area contributed by atoms with Gasteiger partial charge in [-0.05, 0) is 6.42 Å². The summed E-state index contributed by atoms with van der Waals surface area (Å²) in [5.74, 6) is 0.769. The molecule has 9 heavy (non-hydrogen) atoms. The molecule has 0 rings (SSSR count). The highest BCUT2D eigenvalue weighted by molar-refractivity contribution is 7.97. The van der Waals surface area contributed by atoms with Crippen LogP contribution in [0.4, 0.5) is 0 Å². The van der Waals surface area contributed by atoms with Gasteiger partial charge in [0.05, 0.1) is 0 Å². The normalized spacial score (nSPS) is 17.2. The lowest BCUT2D eigenvalue weighted by Crippen LogP contribution is -2.05. The number of rotatable bonds is 4. The standard InChI is InChI=1S/C5H13NOS2/c1-5(8-6)3-4-9(2)7/h5H,3-4,6H2,1-2H3. The van der Waals surface area contributed by atoms with Gasteiger partial charge in [-0.2, -0.15) is 0 Å². The van der Waals surface area contributed by atoms with Crippen LogP contribution in [0.5, 0.6) is 0 Å². The highest BCUT2D eigenvalue weighted by Crippen LogP contribution is 2.05. The molecule has 0 aliphatic rings. The molecule has 0 aromatic heterocycles. The van der Waals surface area contributed by atoms with E-state index in [9.17, 15) is 4.21 Å². The Morgan fingerprint density at radius 2 is 2.33 bits per heavy atom. The van der Waals surface area contributed by atoms with Gasteiger partial charge in [-0.1, -0.05) is 18.9 Å². The molecule has 2 N–H and O–H groups in total. The fourth-order valence-electron chi connectivity index (χ4n) is 0.400. The van der Waals surface area contributed by atoms with Crippen LogP contribution in [0.25, 0.3) is 0 Å². The first kappa shape index (κ1) is 9.46. The average Bonchev–Trinajstić information content (AvgIpc) is 1.83. The van der Waals surface area contributed by atoms with Gasteiger partial charge in [0.1, 0.15) is 0 Å². The van der Waals surface area contributed by atoms with E-state index in [1.165, 1.54) is 11.9 Å². The summed E-state index contributed by atoms with van der Waals surface area (Å²) < 4.78 is 10.5. The third kappa shape index (κ3) is 6.34. The molecule has 0 bridgehead atoms. The quantitative estimate of drug-likeness (QED) is 0.628. The lowest BCUT2D eigenvalue weighted by atomic mass is 10.4. The molecule has 2 atom stereocenters. The van der Waals surface area contributed by atoms with E-state index in [2.05, 4.69) is 0 Å². The minimum Gasteiger partial charge on any atom is -0.278 e. The van der Waals surface area contributed by atoms with Crippen LogP contribution in [-0.2, 0) is 10.8 Å². The van der Waals surface area contributed by atoms with Gasteiger partial charge in [0, 0.05) is 28.1 Å². The molecule has 0 aliphatic heterocycles. The van der Waals surface area contributed by atoms with E-state index >= 15 is 0 Å². The lowest BCUT2D eigenvalue weighted by Gasteiger charge is -2.03. The molecule has 0 spiro atoms. The molecule has 0 radical (unpaired) electrons. The first-order valence-electron chi connectivity index (χ1n) is 2.82. The van der Waals surface area contributed by atoms with Crippen LogP contribution in [0.15, 0.2) is 0 Å². The second-order valence-electron chi connectivity index (χ2n) is 2.01. The molecule has 0 amide bonds. The summed E-state index contributed by atoms with van der Waals surface area (Å²) in [6.45, 7) is 2.04. The van der Waals surface area contributed by atoms with Crippen molar-refractivity contribution in [2.75, 3.05) is 12.0 Å². The fourth-order valence-corrected chi connectivity index (χ4v) is 1.49. The predicted molar refractivity (Wildman–Crippen MR) is 44.8 cm³/mol. The monoisotopic (exact) mass is 167 g/mol. The van der Waals surface area contributed by atoms with Crippen LogP contribution >= 0.6 is 11.9 Å². The lowest BCUT2D eigenvalue weighted by molar-refractivity contribution is 0.684. The Labute approximate surface area is 63.2 Å². The molecule has 0 heterocycles. The third-order valence-corrected chi connectivity index (χ3v) is 2.56. The van der Waals surface area contributed by atoms with Gasteiger partial charge >= 0.3 is 0 Å². The van der Waals surface area contributed by atoms with Crippen molar-refractivity contribution in [2.24, 2.45) is 5.14 Å². The van der Waals surface area contributed by atoms with E-state index in [4.69, 9.17) is 5.14 Å². The summed E-state index contributed by atoms with van der Waals surface area (Å²) in [5, 5.41) is 5.71. The van der Waals surface area contributed by atoms with Crippen molar-refractivity contribution in [3.05, 3.63) is 0 Å². The molecule has 0 saturated heterocycles. The van der Waals surface area contributed by atoms with Crippen molar-refractivity contribution in [1.29, 1.82) is 0 Å². The van der Waals surface area contributed by atoms with E-state index < -0.39 is 10.8 Å². The smallest absolute Gasteiger partial charge is 0.0242 e. The van der Waals surface area contributed by atoms with Gasteiger partial charge in [-0.25, -0.2) is 0 Å². The molecule has 0 saturated carbocycles. The Kier molecular flexibility index (Phi) is 5.53. The van der Waals surface area contributed by atoms with E-state index in [0.717, 1.165) is 12.2 Å². The van der Waals surface area contributed by atoms with E-state index in [1.807, 2.05) is 6.92 Å². The average molecular weight is 167 g/mol. The topological polar surface area (TPSA) is 43.1 Å². The highest BCUT2D eigenvalue weighted by Gasteiger charge is 1.99. The van der Waals surface area contributed by atoms with Gasteiger partial charge in [0.2, 0.25) is 0 Å². The van der Waals surface area contributed by atoms with E-state index in [0.29, 0.717) is 5.25 Å². The molecule has 0 aromatic carbocycles. The summed E-state index contributed by atoms with van der Waals surface area (Å²) in [6, 6.07) is 0. The largest absolute Gasteiger partial charge is 0.278 e. The Bertz CT molecular complexity index is 97.0. The van der Waals surface area contributed by atoms with Crippen LogP contribution in [0, 0.1) is 0 Å². The molecular weight excluding hydrogens is 154 g/mol. The molecule has 0 aromatic rings. The second kappa shape index (κ2) is 5.26. The minimum absolute atomic E-state index is 0.439. The van der Waals surface area contributed by atoms with Crippen molar-refractivity contribution in [1.82, 2.24) is 0 Å². The Morgan fingerprint density at radius 3 is 2.67 bits per heavy atom. The Hall–Kier alpha value is 0.460. The SMILES string of the molecule is CC(CCS(C)=O)SN. The zero-order valence-corrected chi connectivity index (χ0v) is 7.43. The summed E-state index contributed by atoms with van der Waals surface area (Å²) in [4.78, 5) is 0. The molecule has 0 aliphatic carbocycles. The number of hydrogen-bond acceptors (Lipinski definition) is 3. The van der Waals surface area contributed by atoms with Crippen LogP contribution in [0.2, 0.25) is 0 Å². The first-order valence-corrected chi connectivity index (χ1v) is 5.49. The van der Waals surface area contributed by atoms with Gasteiger partial charge in [-0.15, -0.1) is 0 Å². The predicted octanol–water partition coefficient (Wildman–Crippen LogP) is 0.750. The molecule has 2 unspecified atom stereocenters. The molecular formula is C5H13NOS2. The summed E-state index contributed by atoms with van der Waals surface area (Å²) in [5.41, 5.74) is 0. The zero-order valence-electron chi connectivity index (χ0n) is 5.79. The summed E-state index contributed by atoms with van der Waals surface area (Å²) in [7, 11) is -0.657. The van der Waals surface area contributed by atoms with Gasteiger partial charge in [0.15, 0.2) is 0 Å². The van der Waals surface area contributed by atoms with Crippen molar-refractivity contribution < 1.29 is 4.21 Å². The maximum absolute atomic E-state index is 10.5. The molecule has 0 fully saturated rings. The van der Waals surface area contributed by atoms with Crippen LogP contribution in [0.1, 0.15) is 13.3 Å². The maximum atomic E-state index is 10.5. The van der Waals surface area contributed by atoms with Crippen molar-refractivity contribution in [3.8, 4) is 0 Å². The molecule has 2 nitrogen and oxygen atoms in total. The van der Waals surface area contributed by atoms with Crippen molar-refractivity contribution >= 4 is 22.7 Å². The Balaban J connectivity index is 3.16. The first-order chi connectivity index (χ1) is 4.16. The second-order valence-corrected chi connectivity index (χ2v) is 4.64.